The molecule has 7 amide bonds. The lowest BCUT2D eigenvalue weighted by molar-refractivity contribution is -0.143. The van der Waals surface area contributed by atoms with Crippen molar-refractivity contribution in [2.24, 2.45) is 17.6 Å². The molecule has 12 rings (SSSR count). The number of alkyl carbamates (subject to hydrolysis) is 1. The number of fused-ring (bicyclic) bond motifs is 16. The van der Waals surface area contributed by atoms with Crippen molar-refractivity contribution in [2.45, 2.75) is 94.8 Å². The normalized spacial score (nSPS) is 20.9. The highest BCUT2D eigenvalue weighted by atomic mass is 32.1. The van der Waals surface area contributed by atoms with Gasteiger partial charge in [-0.1, -0.05) is 49.4 Å². The number of carbonyl (C=O) groups is 9. The van der Waals surface area contributed by atoms with Gasteiger partial charge in [0, 0.05) is 62.3 Å². The third kappa shape index (κ3) is 15.1. The number of amides is 7. The van der Waals surface area contributed by atoms with E-state index in [1.807, 2.05) is 0 Å². The summed E-state index contributed by atoms with van der Waals surface area (Å²) in [6, 6.07) is 12.5. The molecule has 0 unspecified atom stereocenters. The van der Waals surface area contributed by atoms with Crippen LogP contribution in [0.5, 0.6) is 5.75 Å². The Morgan fingerprint density at radius 3 is 2.06 bits per heavy atom. The van der Waals surface area contributed by atoms with Crippen LogP contribution in [0.4, 0.5) is 4.79 Å². The van der Waals surface area contributed by atoms with Crippen LogP contribution < -0.4 is 32.3 Å². The Labute approximate surface area is 574 Å². The zero-order chi connectivity index (χ0) is 68.3. The van der Waals surface area contributed by atoms with Crippen molar-refractivity contribution < 1.29 is 68.3 Å². The first kappa shape index (κ1) is 67.2. The third-order valence-electron chi connectivity index (χ3n) is 16.5. The number of carboxylic acids is 2. The molecule has 1 saturated heterocycles. The molecule has 34 heteroatoms. The van der Waals surface area contributed by atoms with Gasteiger partial charge in [0.05, 0.1) is 36.2 Å². The first-order valence-electron chi connectivity index (χ1n) is 30.1. The maximum absolute atomic E-state index is 15.3. The molecule has 1 saturated carbocycles. The summed E-state index contributed by atoms with van der Waals surface area (Å²) in [5, 5.41) is 64.1. The maximum Gasteiger partial charge on any atom is 0.408 e. The molecule has 2 aliphatic heterocycles. The third-order valence-corrected chi connectivity index (χ3v) is 22.0. The molecule has 9 heterocycles. The minimum Gasteiger partial charge on any atom is -0.508 e. The highest BCUT2D eigenvalue weighted by molar-refractivity contribution is 7.15. The fourth-order valence-electron chi connectivity index (χ4n) is 11.5. The van der Waals surface area contributed by atoms with E-state index in [4.69, 9.17) is 30.4 Å². The van der Waals surface area contributed by atoms with Crippen molar-refractivity contribution in [2.75, 3.05) is 13.1 Å². The van der Waals surface area contributed by atoms with E-state index in [1.54, 1.807) is 84.6 Å². The van der Waals surface area contributed by atoms with Crippen molar-refractivity contribution in [3.63, 3.8) is 0 Å². The van der Waals surface area contributed by atoms with Crippen molar-refractivity contribution in [3.05, 3.63) is 147 Å². The quantitative estimate of drug-likeness (QED) is 0.0534. The van der Waals surface area contributed by atoms with Gasteiger partial charge in [-0.25, -0.2) is 39.7 Å². The van der Waals surface area contributed by atoms with Gasteiger partial charge >= 0.3 is 18.0 Å². The second-order valence-corrected chi connectivity index (χ2v) is 28.6. The maximum atomic E-state index is 15.3. The van der Waals surface area contributed by atoms with E-state index in [2.05, 4.69) is 41.5 Å². The average molecular weight is 1430 g/mol. The lowest BCUT2D eigenvalue weighted by Gasteiger charge is -2.29. The van der Waals surface area contributed by atoms with Gasteiger partial charge in [-0.3, -0.25) is 38.4 Å². The van der Waals surface area contributed by atoms with Gasteiger partial charge in [0.25, 0.3) is 23.6 Å². The predicted octanol–water partition coefficient (Wildman–Crippen LogP) is 7.48. The SMILES string of the molecule is Cc1sc2nc1C(=O)N[C@@H]([C@H](OC(=O)NCC(=O)O)c1ccccc1)c1nc(cs1)C(=O)N[C@@H](Cc1ccc(O)cc1)C(=O)N1C[C@H](O)[C@H](C)[C@H]1c1nc(cs1)-c1nc(cs1)-c1nc(-c3nc(C(=O)NC4CCC(C(=O)O)CC4)cs3)ccc1-c1nc(cs1)C(=O)N[C@H]2CC(N)=O. The number of aliphatic carboxylic acids is 2. The second-order valence-electron chi connectivity index (χ2n) is 23.1. The fraction of sp³-hybridized carbons (Fsp3) is 0.302. The zero-order valence-electron chi connectivity index (χ0n) is 51.1. The standard InChI is InChI=1S/C63H58N14O14S6/c1-27-43(79)21-77-49(27)60-74-42(26-96-60)57-70-38(22-93-57)47-34(16-17-35(67-47)56-72-39(24-94-56)51(83)66-32-12-10-31(11-13-32)62(88)89)55-71-40(23-92-55)52(84)68-36(19-44(64)80)58-76-46(28(2)97-58)54(86)75-48(50(30-6-4-3-5-7-30)91-63(90)65-20-45(81)82)59-73-41(25-95-59)53(85)69-37(61(77)87)18-29-8-14-33(78)15-9-29/h3-9,14-17,22-27,31-32,36-37,43,48-50,78-79H,10-13,18-21H2,1-2H3,(H2,64,80)(H,65,90)(H,66,83)(H,68,84)(H,69,85)(H,75,86)(H,81,82)(H,88,89)/t27-,31?,32?,36-,37-,43-,48-,49-,50+/m0/s1. The molecule has 9 aromatic rings. The zero-order valence-corrected chi connectivity index (χ0v) is 56.0. The van der Waals surface area contributed by atoms with Gasteiger partial charge in [-0.05, 0) is 68.0 Å². The predicted molar refractivity (Wildman–Crippen MR) is 357 cm³/mol. The van der Waals surface area contributed by atoms with Gasteiger partial charge in [0.1, 0.15) is 94.3 Å². The number of aromatic nitrogens is 7. The number of carboxylic acid groups (broad SMARTS) is 2. The van der Waals surface area contributed by atoms with E-state index in [0.717, 1.165) is 34.0 Å². The van der Waals surface area contributed by atoms with Crippen LogP contribution in [-0.2, 0) is 30.3 Å². The number of primary amides is 1. The molecule has 0 radical (unpaired) electrons. The Bertz CT molecular complexity index is 4500. The number of hydrogen-bond donors (Lipinski definition) is 10. The van der Waals surface area contributed by atoms with Crippen LogP contribution in [0.25, 0.3) is 43.4 Å². The number of pyridine rings is 1. The first-order chi connectivity index (χ1) is 46.6. The molecule has 7 aromatic heterocycles. The fourth-order valence-corrected chi connectivity index (χ4v) is 16.8. The van der Waals surface area contributed by atoms with Crippen molar-refractivity contribution in [1.29, 1.82) is 0 Å². The van der Waals surface area contributed by atoms with Crippen LogP contribution in [0.2, 0.25) is 0 Å². The van der Waals surface area contributed by atoms with Crippen LogP contribution in [0.3, 0.4) is 0 Å². The molecule has 10 bridgehead atoms. The number of thiazole rings is 6. The number of nitrogens with one attached hydrogen (secondary N) is 5. The first-order valence-corrected chi connectivity index (χ1v) is 35.3. The van der Waals surface area contributed by atoms with Gasteiger partial charge in [-0.2, -0.15) is 0 Å². The molecule has 97 heavy (non-hydrogen) atoms. The molecule has 1 aliphatic carbocycles. The Balaban J connectivity index is 0.944. The number of aromatic hydroxyl groups is 1. The minimum atomic E-state index is -1.48. The smallest absolute Gasteiger partial charge is 0.408 e. The molecule has 28 nitrogen and oxygen atoms in total. The molecular weight excluding hydrogens is 1370 g/mol. The van der Waals surface area contributed by atoms with Crippen molar-refractivity contribution in [3.8, 4) is 49.1 Å². The average Bonchev–Trinajstić information content (AvgIpc) is 1.63. The van der Waals surface area contributed by atoms with E-state index in [1.165, 1.54) is 61.8 Å². The van der Waals surface area contributed by atoms with E-state index in [9.17, 15) is 58.8 Å². The van der Waals surface area contributed by atoms with Crippen molar-refractivity contribution >= 4 is 121 Å². The van der Waals surface area contributed by atoms with Crippen LogP contribution >= 0.6 is 68.0 Å². The minimum absolute atomic E-state index is 0.00792. The summed E-state index contributed by atoms with van der Waals surface area (Å²) < 4.78 is 5.91. The number of phenolic OH excluding ortho intramolecular Hbond substituents is 1. The monoisotopic (exact) mass is 1430 g/mol. The number of benzene rings is 2. The Morgan fingerprint density at radius 1 is 0.680 bits per heavy atom. The lowest BCUT2D eigenvalue weighted by Crippen LogP contribution is -2.50. The highest BCUT2D eigenvalue weighted by Gasteiger charge is 2.46. The van der Waals surface area contributed by atoms with Crippen LogP contribution in [0, 0.1) is 18.8 Å². The number of aryl methyl sites for hydroxylation is 1. The Morgan fingerprint density at radius 2 is 1.33 bits per heavy atom. The molecule has 0 spiro atoms. The highest BCUT2D eigenvalue weighted by Crippen LogP contribution is 2.43. The molecule has 3 aliphatic rings. The van der Waals surface area contributed by atoms with Gasteiger partial charge in [0.15, 0.2) is 6.10 Å². The van der Waals surface area contributed by atoms with Crippen LogP contribution in [0.1, 0.15) is 136 Å². The van der Waals surface area contributed by atoms with Crippen molar-refractivity contribution in [1.82, 2.24) is 66.4 Å². The largest absolute Gasteiger partial charge is 0.508 e. The molecule has 2 fully saturated rings. The number of hydrogen-bond acceptors (Lipinski definition) is 25. The summed E-state index contributed by atoms with van der Waals surface area (Å²) in [5.74, 6) is -7.64. The molecule has 500 valence electrons. The van der Waals surface area contributed by atoms with Crippen LogP contribution in [-0.4, -0.2) is 145 Å². The van der Waals surface area contributed by atoms with E-state index >= 15 is 4.79 Å². The van der Waals surface area contributed by atoms with E-state index < -0.39 is 115 Å². The number of carbonyl (C=O) groups excluding carboxylic acids is 7. The summed E-state index contributed by atoms with van der Waals surface area (Å²) >= 11 is 6.61. The number of ether oxygens (including phenoxy) is 1. The molecular formula is C63H58N14O14S6. The molecule has 11 N–H and O–H groups in total. The summed E-state index contributed by atoms with van der Waals surface area (Å²) in [5.41, 5.74) is 8.14. The van der Waals surface area contributed by atoms with E-state index in [0.29, 0.717) is 90.1 Å². The topological polar surface area (TPSA) is 423 Å². The number of aliphatic hydroxyl groups is 1. The molecule has 2 aromatic carbocycles. The summed E-state index contributed by atoms with van der Waals surface area (Å²) in [6.07, 6.45) is -2.41. The summed E-state index contributed by atoms with van der Waals surface area (Å²) in [4.78, 5) is 158. The summed E-state index contributed by atoms with van der Waals surface area (Å²) in [6.45, 7) is 2.37. The second kappa shape index (κ2) is 28.9. The lowest BCUT2D eigenvalue weighted by atomic mass is 9.86. The van der Waals surface area contributed by atoms with Gasteiger partial charge in [0.2, 0.25) is 11.8 Å². The number of nitrogens with two attached hydrogens (primary N) is 1. The van der Waals surface area contributed by atoms with Gasteiger partial charge < -0.3 is 62.4 Å². The molecule has 7 atom stereocenters. The number of aliphatic hydroxyl groups excluding tert-OH is 1. The Kier molecular flexibility index (Phi) is 20.0. The number of nitrogens with zero attached hydrogens (tertiary/aromatic N) is 8. The number of rotatable bonds is 13. The van der Waals surface area contributed by atoms with Gasteiger partial charge in [-0.15, -0.1) is 68.0 Å². The van der Waals surface area contributed by atoms with Crippen LogP contribution in [0.15, 0.2) is 93.6 Å². The van der Waals surface area contributed by atoms with E-state index in [-0.39, 0.29) is 57.5 Å². The Hall–Kier alpha value is -9.84. The summed E-state index contributed by atoms with van der Waals surface area (Å²) in [7, 11) is 0. The number of phenols is 1.